The van der Waals surface area contributed by atoms with E-state index in [1.807, 2.05) is 0 Å². The van der Waals surface area contributed by atoms with E-state index in [-0.39, 0.29) is 37.4 Å². The molecular weight excluding hydrogens is 335 g/mol. The highest BCUT2D eigenvalue weighted by Gasteiger charge is 2.31. The van der Waals surface area contributed by atoms with Crippen molar-refractivity contribution in [3.8, 4) is 5.75 Å². The van der Waals surface area contributed by atoms with Gasteiger partial charge in [-0.05, 0) is 37.0 Å². The molecule has 1 fully saturated rings. The zero-order valence-corrected chi connectivity index (χ0v) is 13.8. The number of carbonyl (C=O) groups excluding carboxylic acids is 1. The Morgan fingerprint density at radius 3 is 2.71 bits per heavy atom. The molecule has 1 unspecified atom stereocenters. The van der Waals surface area contributed by atoms with E-state index in [9.17, 15) is 4.79 Å². The quantitative estimate of drug-likeness (QED) is 0.792. The van der Waals surface area contributed by atoms with Gasteiger partial charge in [0.05, 0.1) is 18.1 Å². The molecule has 118 valence electrons. The van der Waals surface area contributed by atoms with E-state index in [2.05, 4.69) is 5.32 Å². The van der Waals surface area contributed by atoms with Gasteiger partial charge in [-0.2, -0.15) is 0 Å². The number of ether oxygens (including phenoxy) is 1. The van der Waals surface area contributed by atoms with Gasteiger partial charge >= 0.3 is 0 Å². The fraction of sp³-hybridized carbons (Fsp3) is 0.500. The van der Waals surface area contributed by atoms with Crippen LogP contribution in [0, 0.1) is 5.92 Å². The molecule has 1 atom stereocenters. The van der Waals surface area contributed by atoms with Crippen molar-refractivity contribution in [1.29, 1.82) is 0 Å². The van der Waals surface area contributed by atoms with Crippen LogP contribution in [0.4, 0.5) is 0 Å². The van der Waals surface area contributed by atoms with Crippen LogP contribution in [-0.2, 0) is 4.79 Å². The maximum atomic E-state index is 11.8. The van der Waals surface area contributed by atoms with Crippen LogP contribution in [0.25, 0.3) is 0 Å². The maximum Gasteiger partial charge on any atom is 0.223 e. The highest BCUT2D eigenvalue weighted by atomic mass is 35.5. The van der Waals surface area contributed by atoms with Gasteiger partial charge in [0.15, 0.2) is 0 Å². The highest BCUT2D eigenvalue weighted by Crippen LogP contribution is 2.32. The number of benzene rings is 1. The van der Waals surface area contributed by atoms with Crippen molar-refractivity contribution in [2.24, 2.45) is 11.7 Å². The normalized spacial score (nSPS) is 15.0. The van der Waals surface area contributed by atoms with E-state index in [4.69, 9.17) is 33.7 Å². The fourth-order valence-electron chi connectivity index (χ4n) is 1.99. The Morgan fingerprint density at radius 2 is 2.14 bits per heavy atom. The molecule has 1 aromatic rings. The molecule has 1 amide bonds. The molecule has 0 heterocycles. The molecule has 1 aromatic carbocycles. The first kappa shape index (κ1) is 18.4. The molecule has 0 radical (unpaired) electrons. The number of halogens is 3. The van der Waals surface area contributed by atoms with Crippen LogP contribution in [0.5, 0.6) is 5.75 Å². The Labute approximate surface area is 140 Å². The standard InChI is InChI=1S/C14H18Cl2N2O2.ClH/c15-10-3-4-13(11(16)7-10)20-6-5-14(19)18-12(8-17)9-1-2-9;/h3-4,7,9,12H,1-2,5-6,8,17H2,(H,18,19);1H. The van der Waals surface area contributed by atoms with Gasteiger partial charge in [-0.3, -0.25) is 4.79 Å². The first-order valence-electron chi connectivity index (χ1n) is 6.67. The number of hydrogen-bond acceptors (Lipinski definition) is 3. The second-order valence-corrected chi connectivity index (χ2v) is 5.76. The summed E-state index contributed by atoms with van der Waals surface area (Å²) in [5.74, 6) is 1.04. The van der Waals surface area contributed by atoms with E-state index in [1.165, 1.54) is 0 Å². The summed E-state index contributed by atoms with van der Waals surface area (Å²) in [5, 5.41) is 3.93. The number of nitrogens with one attached hydrogen (secondary N) is 1. The van der Waals surface area contributed by atoms with Crippen LogP contribution in [0.15, 0.2) is 18.2 Å². The van der Waals surface area contributed by atoms with Gasteiger partial charge in [0.1, 0.15) is 5.75 Å². The molecule has 0 spiro atoms. The van der Waals surface area contributed by atoms with E-state index in [0.717, 1.165) is 12.8 Å². The minimum absolute atomic E-state index is 0. The van der Waals surface area contributed by atoms with Crippen LogP contribution in [0.3, 0.4) is 0 Å². The minimum Gasteiger partial charge on any atom is -0.491 e. The van der Waals surface area contributed by atoms with Gasteiger partial charge in [-0.15, -0.1) is 12.4 Å². The zero-order valence-electron chi connectivity index (χ0n) is 11.5. The molecule has 1 aliphatic rings. The first-order valence-corrected chi connectivity index (χ1v) is 7.43. The number of amides is 1. The highest BCUT2D eigenvalue weighted by molar-refractivity contribution is 6.35. The molecule has 7 heteroatoms. The Balaban J connectivity index is 0.00000220. The monoisotopic (exact) mass is 352 g/mol. The summed E-state index contributed by atoms with van der Waals surface area (Å²) in [5.41, 5.74) is 5.64. The van der Waals surface area contributed by atoms with E-state index in [1.54, 1.807) is 18.2 Å². The largest absolute Gasteiger partial charge is 0.491 e. The predicted octanol–water partition coefficient (Wildman–Crippen LogP) is 3.04. The van der Waals surface area contributed by atoms with Gasteiger partial charge in [0.25, 0.3) is 0 Å². The minimum atomic E-state index is -0.0440. The van der Waals surface area contributed by atoms with E-state index >= 15 is 0 Å². The lowest BCUT2D eigenvalue weighted by Crippen LogP contribution is -2.42. The van der Waals surface area contributed by atoms with Gasteiger partial charge in [-0.1, -0.05) is 23.2 Å². The molecule has 1 saturated carbocycles. The second kappa shape index (κ2) is 8.69. The Bertz CT molecular complexity index is 481. The number of nitrogens with two attached hydrogens (primary N) is 1. The summed E-state index contributed by atoms with van der Waals surface area (Å²) in [6, 6.07) is 5.09. The second-order valence-electron chi connectivity index (χ2n) is 4.92. The van der Waals surface area contributed by atoms with Crippen molar-refractivity contribution >= 4 is 41.5 Å². The lowest BCUT2D eigenvalue weighted by molar-refractivity contribution is -0.122. The summed E-state index contributed by atoms with van der Waals surface area (Å²) >= 11 is 11.8. The average Bonchev–Trinajstić information content (AvgIpc) is 3.23. The van der Waals surface area contributed by atoms with Crippen molar-refractivity contribution in [2.75, 3.05) is 13.2 Å². The lowest BCUT2D eigenvalue weighted by Gasteiger charge is -2.16. The molecule has 4 nitrogen and oxygen atoms in total. The van der Waals surface area contributed by atoms with Gasteiger partial charge in [0, 0.05) is 17.6 Å². The van der Waals surface area contributed by atoms with Gasteiger partial charge < -0.3 is 15.8 Å². The topological polar surface area (TPSA) is 64.3 Å². The lowest BCUT2D eigenvalue weighted by atomic mass is 10.2. The number of hydrogen-bond donors (Lipinski definition) is 2. The first-order chi connectivity index (χ1) is 9.60. The van der Waals surface area contributed by atoms with Crippen molar-refractivity contribution in [3.63, 3.8) is 0 Å². The van der Waals surface area contributed by atoms with Crippen LogP contribution < -0.4 is 15.8 Å². The molecule has 0 saturated heterocycles. The van der Waals surface area contributed by atoms with Crippen molar-refractivity contribution < 1.29 is 9.53 Å². The number of rotatable bonds is 7. The average molecular weight is 354 g/mol. The number of carbonyl (C=O) groups is 1. The third-order valence-corrected chi connectivity index (χ3v) is 3.80. The molecular formula is C14H19Cl3N2O2. The van der Waals surface area contributed by atoms with Crippen molar-refractivity contribution in [2.45, 2.75) is 25.3 Å². The van der Waals surface area contributed by atoms with Crippen LogP contribution in [0.1, 0.15) is 19.3 Å². The molecule has 1 aliphatic carbocycles. The van der Waals surface area contributed by atoms with E-state index in [0.29, 0.717) is 28.3 Å². The molecule has 0 bridgehead atoms. The smallest absolute Gasteiger partial charge is 0.223 e. The summed E-state index contributed by atoms with van der Waals surface area (Å²) in [4.78, 5) is 11.8. The van der Waals surface area contributed by atoms with Crippen LogP contribution in [0.2, 0.25) is 10.0 Å². The third kappa shape index (κ3) is 5.91. The van der Waals surface area contributed by atoms with Crippen molar-refractivity contribution in [1.82, 2.24) is 5.32 Å². The Kier molecular flexibility index (Phi) is 7.60. The van der Waals surface area contributed by atoms with Crippen LogP contribution >= 0.6 is 35.6 Å². The van der Waals surface area contributed by atoms with Crippen LogP contribution in [-0.4, -0.2) is 25.1 Å². The van der Waals surface area contributed by atoms with Gasteiger partial charge in [-0.25, -0.2) is 0 Å². The summed E-state index contributed by atoms with van der Waals surface area (Å²) in [7, 11) is 0. The fourth-order valence-corrected chi connectivity index (χ4v) is 2.46. The summed E-state index contributed by atoms with van der Waals surface area (Å²) < 4.78 is 5.47. The molecule has 0 aliphatic heterocycles. The van der Waals surface area contributed by atoms with Crippen molar-refractivity contribution in [3.05, 3.63) is 28.2 Å². The van der Waals surface area contributed by atoms with Gasteiger partial charge in [0.2, 0.25) is 5.91 Å². The Hall–Kier alpha value is -0.680. The summed E-state index contributed by atoms with van der Waals surface area (Å²) in [6.45, 7) is 0.759. The zero-order chi connectivity index (χ0) is 14.5. The predicted molar refractivity (Wildman–Crippen MR) is 87.5 cm³/mol. The molecule has 2 rings (SSSR count). The third-order valence-electron chi connectivity index (χ3n) is 3.27. The maximum absolute atomic E-state index is 11.8. The van der Waals surface area contributed by atoms with E-state index < -0.39 is 0 Å². The Morgan fingerprint density at radius 1 is 1.43 bits per heavy atom. The summed E-state index contributed by atoms with van der Waals surface area (Å²) in [6.07, 6.45) is 2.58. The SMILES string of the molecule is Cl.NCC(NC(=O)CCOc1ccc(Cl)cc1Cl)C1CC1. The molecule has 0 aromatic heterocycles. The molecule has 3 N–H and O–H groups in total. The molecule has 21 heavy (non-hydrogen) atoms.